The Balaban J connectivity index is 1.61. The molecule has 2 aromatic rings. The minimum absolute atomic E-state index is 0.0846. The second-order valence-corrected chi connectivity index (χ2v) is 10.1. The minimum Gasteiger partial charge on any atom is -0.497 e. The van der Waals surface area contributed by atoms with Crippen LogP contribution in [0.3, 0.4) is 0 Å². The topological polar surface area (TPSA) is 92.2 Å². The average Bonchev–Trinajstić information content (AvgIpc) is 3.73. The van der Waals surface area contributed by atoms with E-state index >= 15 is 0 Å². The lowest BCUT2D eigenvalue weighted by atomic mass is 9.99. The van der Waals surface area contributed by atoms with Gasteiger partial charge in [-0.3, -0.25) is 9.59 Å². The number of amides is 2. The van der Waals surface area contributed by atoms with E-state index in [4.69, 9.17) is 9.47 Å². The van der Waals surface area contributed by atoms with E-state index in [1.807, 2.05) is 38.1 Å². The van der Waals surface area contributed by atoms with Gasteiger partial charge >= 0.3 is 0 Å². The van der Waals surface area contributed by atoms with Gasteiger partial charge in [0.05, 0.1) is 26.3 Å². The molecule has 0 saturated heterocycles. The quantitative estimate of drug-likeness (QED) is 0.582. The van der Waals surface area contributed by atoms with Gasteiger partial charge in [0.2, 0.25) is 11.8 Å². The molecule has 3 atom stereocenters. The van der Waals surface area contributed by atoms with Crippen LogP contribution in [-0.4, -0.2) is 77.7 Å². The Hall–Kier alpha value is -3.57. The van der Waals surface area contributed by atoms with Crippen LogP contribution in [0.25, 0.3) is 0 Å². The third kappa shape index (κ3) is 6.60. The van der Waals surface area contributed by atoms with Gasteiger partial charge < -0.3 is 24.4 Å². The average molecular weight is 506 g/mol. The molecule has 37 heavy (non-hydrogen) atoms. The summed E-state index contributed by atoms with van der Waals surface area (Å²) in [6.07, 6.45) is 4.03. The second-order valence-electron chi connectivity index (χ2n) is 10.1. The van der Waals surface area contributed by atoms with Gasteiger partial charge in [-0.05, 0) is 56.0 Å². The maximum atomic E-state index is 13.6. The van der Waals surface area contributed by atoms with Crippen molar-refractivity contribution in [3.63, 3.8) is 0 Å². The number of aliphatic hydroxyl groups is 1. The van der Waals surface area contributed by atoms with E-state index in [1.54, 1.807) is 36.2 Å². The number of ether oxygens (including phenoxy) is 2. The van der Waals surface area contributed by atoms with Crippen LogP contribution in [0.2, 0.25) is 0 Å². The zero-order valence-electron chi connectivity index (χ0n) is 21.9. The number of nitrogens with zero attached hydrogens (tertiary/aromatic N) is 3. The molecule has 2 aliphatic rings. The van der Waals surface area contributed by atoms with E-state index in [0.29, 0.717) is 36.6 Å². The van der Waals surface area contributed by atoms with E-state index in [2.05, 4.69) is 16.8 Å². The molecule has 2 heterocycles. The van der Waals surface area contributed by atoms with Gasteiger partial charge in [-0.1, -0.05) is 18.8 Å². The van der Waals surface area contributed by atoms with Crippen molar-refractivity contribution in [1.82, 2.24) is 14.8 Å². The smallest absolute Gasteiger partial charge is 0.259 e. The van der Waals surface area contributed by atoms with E-state index in [-0.39, 0.29) is 42.4 Å². The van der Waals surface area contributed by atoms with E-state index in [1.165, 1.54) is 0 Å². The van der Waals surface area contributed by atoms with Crippen molar-refractivity contribution >= 4 is 11.8 Å². The monoisotopic (exact) mass is 505 g/mol. The Labute approximate surface area is 218 Å². The van der Waals surface area contributed by atoms with Crippen LogP contribution >= 0.6 is 0 Å². The highest BCUT2D eigenvalue weighted by Gasteiger charge is 2.35. The zero-order valence-corrected chi connectivity index (χ0v) is 21.9. The number of carbonyl (C=O) groups excluding carboxylic acids is 2. The molecule has 1 N–H and O–H groups in total. The molecule has 0 spiro atoms. The lowest BCUT2D eigenvalue weighted by Crippen LogP contribution is -2.50. The maximum Gasteiger partial charge on any atom is 0.259 e. The summed E-state index contributed by atoms with van der Waals surface area (Å²) >= 11 is 0. The van der Waals surface area contributed by atoms with Gasteiger partial charge in [-0.15, -0.1) is 0 Å². The summed E-state index contributed by atoms with van der Waals surface area (Å²) in [5, 5.41) is 9.85. The van der Waals surface area contributed by atoms with Crippen molar-refractivity contribution < 1.29 is 24.2 Å². The van der Waals surface area contributed by atoms with Crippen molar-refractivity contribution in [2.45, 2.75) is 45.3 Å². The van der Waals surface area contributed by atoms with Crippen LogP contribution in [0, 0.1) is 23.7 Å². The number of carbonyl (C=O) groups is 2. The molecule has 2 amide bonds. The Morgan fingerprint density at radius 2 is 1.97 bits per heavy atom. The molecule has 8 nitrogen and oxygen atoms in total. The highest BCUT2D eigenvalue weighted by Crippen LogP contribution is 2.33. The molecular weight excluding hydrogens is 470 g/mol. The normalized spacial score (nSPS) is 19.9. The van der Waals surface area contributed by atoms with Gasteiger partial charge in [-0.25, -0.2) is 4.98 Å². The molecule has 4 rings (SSSR count). The van der Waals surface area contributed by atoms with Crippen molar-refractivity contribution in [3.8, 4) is 23.5 Å². The molecule has 0 radical (unpaired) electrons. The molecule has 1 aliphatic carbocycles. The summed E-state index contributed by atoms with van der Waals surface area (Å²) in [6.45, 7) is 4.42. The zero-order chi connectivity index (χ0) is 26.5. The Morgan fingerprint density at radius 1 is 1.27 bits per heavy atom. The van der Waals surface area contributed by atoms with Crippen molar-refractivity contribution in [1.29, 1.82) is 0 Å². The standard InChI is InChI=1S/C29H35N3O5/c1-19-16-32(20(2)18-33)29(35)25-13-23(8-5-21-9-11-24(36-4)12-10-21)15-30-28(25)37-26(19)17-31(3)27(34)14-22-6-7-22/h9-13,15,19-20,22,26,33H,6-7,14,16-18H2,1-4H3/t19-,20-,26+/m1/s1. The molecule has 8 heteroatoms. The van der Waals surface area contributed by atoms with Crippen molar-refractivity contribution in [2.75, 3.05) is 33.9 Å². The Morgan fingerprint density at radius 3 is 2.62 bits per heavy atom. The largest absolute Gasteiger partial charge is 0.497 e. The Bertz CT molecular complexity index is 1180. The van der Waals surface area contributed by atoms with Crippen LogP contribution in [0.5, 0.6) is 11.6 Å². The molecule has 0 bridgehead atoms. The SMILES string of the molecule is COc1ccc(C#Cc2cnc3c(c2)C(=O)N([C@H](C)CO)C[C@@H](C)[C@H](CN(C)C(=O)CC2CC2)O3)cc1. The highest BCUT2D eigenvalue weighted by molar-refractivity contribution is 5.97. The fraction of sp³-hybridized carbons (Fsp3) is 0.483. The number of rotatable bonds is 7. The molecular formula is C29H35N3O5. The predicted octanol–water partition coefficient (Wildman–Crippen LogP) is 2.97. The summed E-state index contributed by atoms with van der Waals surface area (Å²) < 4.78 is 11.5. The van der Waals surface area contributed by atoms with Gasteiger partial charge in [0, 0.05) is 43.3 Å². The second kappa shape index (κ2) is 11.7. The third-order valence-corrected chi connectivity index (χ3v) is 7.00. The molecule has 0 unspecified atom stereocenters. The minimum atomic E-state index is -0.384. The third-order valence-electron chi connectivity index (χ3n) is 7.00. The van der Waals surface area contributed by atoms with Crippen LogP contribution in [-0.2, 0) is 4.79 Å². The number of fused-ring (bicyclic) bond motifs is 1. The van der Waals surface area contributed by atoms with Gasteiger partial charge in [-0.2, -0.15) is 0 Å². The van der Waals surface area contributed by atoms with Gasteiger partial charge in [0.25, 0.3) is 5.91 Å². The summed E-state index contributed by atoms with van der Waals surface area (Å²) in [4.78, 5) is 34.1. The highest BCUT2D eigenvalue weighted by atomic mass is 16.5. The summed E-state index contributed by atoms with van der Waals surface area (Å²) in [5.74, 6) is 7.39. The predicted molar refractivity (Wildman–Crippen MR) is 139 cm³/mol. The maximum absolute atomic E-state index is 13.6. The van der Waals surface area contributed by atoms with Gasteiger partial charge in [0.1, 0.15) is 17.4 Å². The number of benzene rings is 1. The first-order valence-corrected chi connectivity index (χ1v) is 12.8. The number of hydrogen-bond acceptors (Lipinski definition) is 6. The molecule has 1 saturated carbocycles. The number of likely N-dealkylation sites (N-methyl/N-ethyl adjacent to an activating group) is 1. The number of aromatic nitrogens is 1. The van der Waals surface area contributed by atoms with Gasteiger partial charge in [0.15, 0.2) is 0 Å². The fourth-order valence-corrected chi connectivity index (χ4v) is 4.30. The lowest BCUT2D eigenvalue weighted by Gasteiger charge is -2.37. The first-order valence-electron chi connectivity index (χ1n) is 12.8. The molecule has 1 aromatic carbocycles. The molecule has 1 aliphatic heterocycles. The van der Waals surface area contributed by atoms with E-state index < -0.39 is 0 Å². The Kier molecular flexibility index (Phi) is 8.34. The van der Waals surface area contributed by atoms with Crippen LogP contribution < -0.4 is 9.47 Å². The summed E-state index contributed by atoms with van der Waals surface area (Å²) in [6, 6.07) is 8.69. The van der Waals surface area contributed by atoms with E-state index in [9.17, 15) is 14.7 Å². The van der Waals surface area contributed by atoms with Crippen molar-refractivity contribution in [3.05, 3.63) is 53.2 Å². The van der Waals surface area contributed by atoms with E-state index in [0.717, 1.165) is 24.2 Å². The number of pyridine rings is 1. The molecule has 1 aromatic heterocycles. The van der Waals surface area contributed by atoms with Crippen molar-refractivity contribution in [2.24, 2.45) is 11.8 Å². The first-order chi connectivity index (χ1) is 17.8. The summed E-state index contributed by atoms with van der Waals surface area (Å²) in [7, 11) is 3.41. The van der Waals surface area contributed by atoms with Crippen LogP contribution in [0.1, 0.15) is 54.6 Å². The summed E-state index contributed by atoms with van der Waals surface area (Å²) in [5.41, 5.74) is 1.68. The van der Waals surface area contributed by atoms with Crippen LogP contribution in [0.4, 0.5) is 0 Å². The lowest BCUT2D eigenvalue weighted by molar-refractivity contribution is -0.131. The molecule has 1 fully saturated rings. The fourth-order valence-electron chi connectivity index (χ4n) is 4.30. The first kappa shape index (κ1) is 26.5. The number of methoxy groups -OCH3 is 1. The van der Waals surface area contributed by atoms with Crippen LogP contribution in [0.15, 0.2) is 36.5 Å². The number of hydrogen-bond donors (Lipinski definition) is 1. The number of aliphatic hydroxyl groups excluding tert-OH is 1. The molecule has 196 valence electrons.